The minimum atomic E-state index is 0.186. The molecule has 11 heavy (non-hydrogen) atoms. The van der Waals surface area contributed by atoms with Crippen molar-refractivity contribution in [1.29, 1.82) is 0 Å². The highest BCUT2D eigenvalue weighted by molar-refractivity contribution is 4.82. The van der Waals surface area contributed by atoms with Crippen LogP contribution < -0.4 is 5.73 Å². The molecule has 3 heteroatoms. The highest BCUT2D eigenvalue weighted by Crippen LogP contribution is 1.86. The summed E-state index contributed by atoms with van der Waals surface area (Å²) >= 11 is 0. The Kier molecular flexibility index (Phi) is 11.2. The van der Waals surface area contributed by atoms with E-state index < -0.39 is 0 Å². The maximum atomic E-state index is 8.67. The van der Waals surface area contributed by atoms with Crippen LogP contribution in [-0.2, 0) is 0 Å². The molecule has 0 atom stereocenters. The molecule has 0 aromatic carbocycles. The quantitative estimate of drug-likeness (QED) is 0.603. The molecule has 0 fully saturated rings. The molecule has 3 N–H and O–H groups in total. The van der Waals surface area contributed by atoms with Crippen molar-refractivity contribution >= 4 is 0 Å². The first-order valence-electron chi connectivity index (χ1n) is 3.92. The Bertz CT molecular complexity index is 94.1. The van der Waals surface area contributed by atoms with Gasteiger partial charge in [-0.15, -0.1) is 0 Å². The molecule has 0 heterocycles. The van der Waals surface area contributed by atoms with Gasteiger partial charge in [0, 0.05) is 13.1 Å². The van der Waals surface area contributed by atoms with Crippen LogP contribution in [0.2, 0.25) is 0 Å². The molecule has 0 aliphatic carbocycles. The molecule has 0 saturated carbocycles. The Morgan fingerprint density at radius 2 is 2.00 bits per heavy atom. The molecule has 0 amide bonds. The van der Waals surface area contributed by atoms with Crippen LogP contribution in [0.5, 0.6) is 0 Å². The van der Waals surface area contributed by atoms with Crippen LogP contribution in [0, 0.1) is 0 Å². The van der Waals surface area contributed by atoms with Crippen molar-refractivity contribution in [3.8, 4) is 0 Å². The van der Waals surface area contributed by atoms with E-state index in [9.17, 15) is 0 Å². The zero-order chi connectivity index (χ0) is 9.28. The Balaban J connectivity index is 0. The highest BCUT2D eigenvalue weighted by Gasteiger charge is 1.95. The third-order valence-corrected chi connectivity index (χ3v) is 0.963. The molecule has 0 aliphatic rings. The van der Waals surface area contributed by atoms with Crippen molar-refractivity contribution in [1.82, 2.24) is 4.90 Å². The van der Waals surface area contributed by atoms with E-state index in [0.717, 1.165) is 6.54 Å². The lowest BCUT2D eigenvalue weighted by Crippen LogP contribution is -2.27. The first-order valence-corrected chi connectivity index (χ1v) is 3.92. The number of hydrogen-bond donors (Lipinski definition) is 2. The molecule has 3 nitrogen and oxygen atoms in total. The molecule has 0 aromatic heterocycles. The van der Waals surface area contributed by atoms with Crippen LogP contribution in [0.15, 0.2) is 12.3 Å². The van der Waals surface area contributed by atoms with Crippen LogP contribution >= 0.6 is 0 Å². The summed E-state index contributed by atoms with van der Waals surface area (Å²) < 4.78 is 0. The average molecular weight is 160 g/mol. The van der Waals surface area contributed by atoms with Gasteiger partial charge in [-0.25, -0.2) is 0 Å². The van der Waals surface area contributed by atoms with Gasteiger partial charge in [0.1, 0.15) is 0 Å². The van der Waals surface area contributed by atoms with Gasteiger partial charge in [0.05, 0.1) is 12.3 Å². The third-order valence-electron chi connectivity index (χ3n) is 0.963. The number of aliphatic hydroxyl groups excluding tert-OH is 1. The molecule has 68 valence electrons. The summed E-state index contributed by atoms with van der Waals surface area (Å²) in [6.07, 6.45) is 0. The van der Waals surface area contributed by atoms with Crippen LogP contribution in [-0.4, -0.2) is 36.7 Å². The molecular formula is C8H20N2O. The maximum Gasteiger partial charge on any atom is 0.0991 e. The second kappa shape index (κ2) is 9.46. The zero-order valence-electron chi connectivity index (χ0n) is 7.80. The minimum absolute atomic E-state index is 0.186. The lowest BCUT2D eigenvalue weighted by atomic mass is 10.5. The highest BCUT2D eigenvalue weighted by atomic mass is 16.3. The SMILES string of the molecule is C=C(O)CN(C)CCN.CC. The monoisotopic (exact) mass is 160 g/mol. The molecule has 0 spiro atoms. The van der Waals surface area contributed by atoms with Gasteiger partial charge in [0.25, 0.3) is 0 Å². The molecule has 0 aromatic rings. The average Bonchev–Trinajstić information content (AvgIpc) is 1.91. The Labute approximate surface area is 69.5 Å². The fourth-order valence-electron chi connectivity index (χ4n) is 0.611. The number of nitrogens with zero attached hydrogens (tertiary/aromatic N) is 1. The molecular weight excluding hydrogens is 140 g/mol. The number of hydrogen-bond acceptors (Lipinski definition) is 3. The summed E-state index contributed by atoms with van der Waals surface area (Å²) in [6, 6.07) is 0. The first kappa shape index (κ1) is 13.1. The van der Waals surface area contributed by atoms with Crippen LogP contribution in [0.25, 0.3) is 0 Å². The van der Waals surface area contributed by atoms with Crippen LogP contribution in [0.3, 0.4) is 0 Å². The molecule has 0 saturated heterocycles. The van der Waals surface area contributed by atoms with E-state index >= 15 is 0 Å². The largest absolute Gasteiger partial charge is 0.512 e. The Hall–Kier alpha value is -0.540. The van der Waals surface area contributed by atoms with Crippen molar-refractivity contribution in [2.24, 2.45) is 5.73 Å². The van der Waals surface area contributed by atoms with E-state index in [1.165, 1.54) is 0 Å². The van der Waals surface area contributed by atoms with Crippen molar-refractivity contribution in [2.75, 3.05) is 26.7 Å². The smallest absolute Gasteiger partial charge is 0.0991 e. The zero-order valence-corrected chi connectivity index (χ0v) is 7.80. The molecule has 0 unspecified atom stereocenters. The Morgan fingerprint density at radius 1 is 1.55 bits per heavy atom. The van der Waals surface area contributed by atoms with Crippen molar-refractivity contribution in [2.45, 2.75) is 13.8 Å². The van der Waals surface area contributed by atoms with E-state index in [1.807, 2.05) is 25.8 Å². The van der Waals surface area contributed by atoms with Gasteiger partial charge >= 0.3 is 0 Å². The van der Waals surface area contributed by atoms with E-state index in [4.69, 9.17) is 10.8 Å². The number of nitrogens with two attached hydrogens (primary N) is 1. The van der Waals surface area contributed by atoms with E-state index in [0.29, 0.717) is 13.1 Å². The Morgan fingerprint density at radius 3 is 2.27 bits per heavy atom. The summed E-state index contributed by atoms with van der Waals surface area (Å²) in [5.41, 5.74) is 5.25. The molecule has 0 aliphatic heterocycles. The van der Waals surface area contributed by atoms with Gasteiger partial charge in [-0.2, -0.15) is 0 Å². The van der Waals surface area contributed by atoms with E-state index in [1.54, 1.807) is 0 Å². The predicted octanol–water partition coefficient (Wildman–Crippen LogP) is 0.975. The van der Waals surface area contributed by atoms with Gasteiger partial charge in [-0.05, 0) is 7.05 Å². The van der Waals surface area contributed by atoms with Crippen LogP contribution in [0.4, 0.5) is 0 Å². The summed E-state index contributed by atoms with van der Waals surface area (Å²) in [5, 5.41) is 8.67. The van der Waals surface area contributed by atoms with Gasteiger partial charge in [-0.3, -0.25) is 4.90 Å². The van der Waals surface area contributed by atoms with Crippen molar-refractivity contribution in [3.05, 3.63) is 12.3 Å². The lowest BCUT2D eigenvalue weighted by Gasteiger charge is -2.13. The topological polar surface area (TPSA) is 49.5 Å². The second-order valence-electron chi connectivity index (χ2n) is 2.09. The van der Waals surface area contributed by atoms with Gasteiger partial charge in [0.15, 0.2) is 0 Å². The van der Waals surface area contributed by atoms with Crippen molar-refractivity contribution in [3.63, 3.8) is 0 Å². The summed E-state index contributed by atoms with van der Waals surface area (Å²) in [7, 11) is 1.88. The summed E-state index contributed by atoms with van der Waals surface area (Å²) in [4.78, 5) is 1.91. The lowest BCUT2D eigenvalue weighted by molar-refractivity contribution is 0.296. The van der Waals surface area contributed by atoms with Gasteiger partial charge in [-0.1, -0.05) is 20.4 Å². The summed E-state index contributed by atoms with van der Waals surface area (Å²) in [5.74, 6) is 0.186. The molecule has 0 rings (SSSR count). The van der Waals surface area contributed by atoms with E-state index in [2.05, 4.69) is 6.58 Å². The maximum absolute atomic E-state index is 8.67. The molecule has 0 radical (unpaired) electrons. The minimum Gasteiger partial charge on any atom is -0.512 e. The fourth-order valence-corrected chi connectivity index (χ4v) is 0.611. The normalized spacial score (nSPS) is 8.82. The van der Waals surface area contributed by atoms with Crippen LogP contribution in [0.1, 0.15) is 13.8 Å². The predicted molar refractivity (Wildman–Crippen MR) is 49.7 cm³/mol. The summed E-state index contributed by atoms with van der Waals surface area (Å²) in [6.45, 7) is 9.27. The molecule has 0 bridgehead atoms. The fraction of sp³-hybridized carbons (Fsp3) is 0.750. The number of likely N-dealkylation sites (N-methyl/N-ethyl adjacent to an activating group) is 1. The first-order chi connectivity index (χ1) is 5.16. The van der Waals surface area contributed by atoms with Gasteiger partial charge in [0.2, 0.25) is 0 Å². The van der Waals surface area contributed by atoms with Crippen molar-refractivity contribution < 1.29 is 5.11 Å². The van der Waals surface area contributed by atoms with E-state index in [-0.39, 0.29) is 5.76 Å². The number of rotatable bonds is 4. The van der Waals surface area contributed by atoms with Gasteiger partial charge < -0.3 is 10.8 Å². The second-order valence-corrected chi connectivity index (χ2v) is 2.09. The number of aliphatic hydroxyl groups is 1. The third kappa shape index (κ3) is 12.6. The standard InChI is InChI=1S/C6H14N2O.C2H6/c1-6(9)5-8(2)4-3-7;1-2/h9H,1,3-5,7H2,2H3;1-2H3.